The van der Waals surface area contributed by atoms with E-state index in [2.05, 4.69) is 27.6 Å². The fourth-order valence-electron chi connectivity index (χ4n) is 4.50. The molecule has 0 bridgehead atoms. The third-order valence-corrected chi connectivity index (χ3v) is 5.92. The molecule has 0 amide bonds. The lowest BCUT2D eigenvalue weighted by Crippen LogP contribution is -2.59. The maximum atomic E-state index is 4.78. The van der Waals surface area contributed by atoms with Gasteiger partial charge in [0, 0.05) is 37.4 Å². The second kappa shape index (κ2) is 11.2. The molecule has 0 aromatic carbocycles. The van der Waals surface area contributed by atoms with E-state index in [0.29, 0.717) is 12.1 Å². The van der Waals surface area contributed by atoms with E-state index >= 15 is 0 Å². The normalized spacial score (nSPS) is 20.7. The summed E-state index contributed by atoms with van der Waals surface area (Å²) in [6, 6.07) is 0. The molecular weight excluding hydrogens is 451 g/mol. The van der Waals surface area contributed by atoms with Crippen LogP contribution in [0.2, 0.25) is 0 Å². The van der Waals surface area contributed by atoms with Gasteiger partial charge in [-0.2, -0.15) is 5.10 Å². The van der Waals surface area contributed by atoms with Gasteiger partial charge in [-0.05, 0) is 45.7 Å². The highest BCUT2D eigenvalue weighted by atomic mass is 127. The number of aliphatic imine (C=N–C) groups is 1. The fraction of sp³-hybridized carbons (Fsp3) is 0.800. The Bertz CT molecular complexity index is 573. The molecule has 0 unspecified atom stereocenters. The molecule has 1 aliphatic heterocycles. The summed E-state index contributed by atoms with van der Waals surface area (Å²) in [5, 5.41) is 11.3. The van der Waals surface area contributed by atoms with E-state index in [4.69, 9.17) is 4.99 Å². The number of hydrogen-bond acceptors (Lipinski definition) is 3. The van der Waals surface area contributed by atoms with Gasteiger partial charge in [0.25, 0.3) is 0 Å². The molecule has 1 saturated heterocycles. The first-order valence-electron chi connectivity index (χ1n) is 10.5. The molecule has 2 fully saturated rings. The predicted octanol–water partition coefficient (Wildman–Crippen LogP) is 3.28. The van der Waals surface area contributed by atoms with Crippen LogP contribution in [0.15, 0.2) is 17.4 Å². The number of likely N-dealkylation sites (tertiary alicyclic amines) is 1. The van der Waals surface area contributed by atoms with E-state index in [-0.39, 0.29) is 24.0 Å². The van der Waals surface area contributed by atoms with Gasteiger partial charge in [-0.1, -0.05) is 25.7 Å². The summed E-state index contributed by atoms with van der Waals surface area (Å²) in [5.74, 6) is 0.929. The van der Waals surface area contributed by atoms with Crippen LogP contribution in [0.25, 0.3) is 0 Å². The predicted molar refractivity (Wildman–Crippen MR) is 123 cm³/mol. The number of nitrogens with one attached hydrogen (secondary N) is 2. The molecule has 6 nitrogen and oxygen atoms in total. The second-order valence-electron chi connectivity index (χ2n) is 7.90. The molecule has 0 atom stereocenters. The monoisotopic (exact) mass is 488 g/mol. The topological polar surface area (TPSA) is 57.5 Å². The first kappa shape index (κ1) is 22.5. The Balaban J connectivity index is 0.00000261. The van der Waals surface area contributed by atoms with E-state index in [1.165, 1.54) is 64.5 Å². The summed E-state index contributed by atoms with van der Waals surface area (Å²) in [7, 11) is 1.95. The van der Waals surface area contributed by atoms with Crippen LogP contribution in [0.4, 0.5) is 0 Å². The summed E-state index contributed by atoms with van der Waals surface area (Å²) >= 11 is 0. The van der Waals surface area contributed by atoms with Crippen molar-refractivity contribution in [1.29, 1.82) is 0 Å². The van der Waals surface area contributed by atoms with E-state index in [9.17, 15) is 0 Å². The number of piperidine rings is 1. The molecule has 154 valence electrons. The number of guanidine groups is 1. The number of aryl methyl sites for hydroxylation is 1. The second-order valence-corrected chi connectivity index (χ2v) is 7.90. The Morgan fingerprint density at radius 1 is 1.11 bits per heavy atom. The Morgan fingerprint density at radius 2 is 1.81 bits per heavy atom. The van der Waals surface area contributed by atoms with Crippen LogP contribution < -0.4 is 10.6 Å². The molecule has 2 aliphatic rings. The summed E-state index contributed by atoms with van der Waals surface area (Å²) in [6.45, 7) is 7.22. The lowest BCUT2D eigenvalue weighted by molar-refractivity contribution is 0.0368. The van der Waals surface area contributed by atoms with Gasteiger partial charge in [-0.3, -0.25) is 9.58 Å². The van der Waals surface area contributed by atoms with E-state index in [0.717, 1.165) is 24.6 Å². The van der Waals surface area contributed by atoms with Crippen LogP contribution in [-0.4, -0.2) is 52.4 Å². The zero-order chi connectivity index (χ0) is 18.2. The van der Waals surface area contributed by atoms with Crippen molar-refractivity contribution < 1.29 is 0 Å². The van der Waals surface area contributed by atoms with Crippen LogP contribution in [-0.2, 0) is 13.6 Å². The SMILES string of the molecule is CCNC(=NCc1cnn(C)c1)NCC1(N2CCCCC2)CCCCC1.I. The third kappa shape index (κ3) is 6.34. The van der Waals surface area contributed by atoms with Crippen molar-refractivity contribution in [2.24, 2.45) is 12.0 Å². The zero-order valence-corrected chi connectivity index (χ0v) is 19.4. The first-order valence-corrected chi connectivity index (χ1v) is 10.5. The summed E-state index contributed by atoms with van der Waals surface area (Å²) in [6.07, 6.45) is 14.8. The van der Waals surface area contributed by atoms with Crippen molar-refractivity contribution in [2.45, 2.75) is 70.4 Å². The van der Waals surface area contributed by atoms with Crippen LogP contribution in [0.5, 0.6) is 0 Å². The lowest BCUT2D eigenvalue weighted by Gasteiger charge is -2.48. The van der Waals surface area contributed by atoms with Gasteiger partial charge < -0.3 is 10.6 Å². The summed E-state index contributed by atoms with van der Waals surface area (Å²) in [5.41, 5.74) is 1.47. The van der Waals surface area contributed by atoms with E-state index < -0.39 is 0 Å². The average molecular weight is 488 g/mol. The van der Waals surface area contributed by atoms with Crippen molar-refractivity contribution in [3.63, 3.8) is 0 Å². The molecule has 7 heteroatoms. The molecule has 27 heavy (non-hydrogen) atoms. The summed E-state index contributed by atoms with van der Waals surface area (Å²) < 4.78 is 1.83. The number of nitrogens with zero attached hydrogens (tertiary/aromatic N) is 4. The Kier molecular flexibility index (Phi) is 9.35. The van der Waals surface area contributed by atoms with Gasteiger partial charge in [0.05, 0.1) is 12.7 Å². The summed E-state index contributed by atoms with van der Waals surface area (Å²) in [4.78, 5) is 7.57. The number of rotatable bonds is 6. The lowest BCUT2D eigenvalue weighted by atomic mass is 9.79. The van der Waals surface area contributed by atoms with Crippen molar-refractivity contribution >= 4 is 29.9 Å². The number of aromatic nitrogens is 2. The minimum absolute atomic E-state index is 0. The molecule has 0 spiro atoms. The molecule has 1 aromatic rings. The first-order chi connectivity index (χ1) is 12.7. The average Bonchev–Trinajstić information content (AvgIpc) is 3.11. The Labute approximate surface area is 181 Å². The quantitative estimate of drug-likeness (QED) is 0.367. The van der Waals surface area contributed by atoms with Crippen LogP contribution in [0, 0.1) is 0 Å². The molecule has 2 heterocycles. The van der Waals surface area contributed by atoms with Crippen LogP contribution >= 0.6 is 24.0 Å². The van der Waals surface area contributed by atoms with Gasteiger partial charge in [-0.25, -0.2) is 4.99 Å². The molecule has 1 aromatic heterocycles. The molecule has 1 aliphatic carbocycles. The molecule has 2 N–H and O–H groups in total. The highest BCUT2D eigenvalue weighted by Crippen LogP contribution is 2.35. The number of halogens is 1. The van der Waals surface area contributed by atoms with Crippen molar-refractivity contribution in [1.82, 2.24) is 25.3 Å². The van der Waals surface area contributed by atoms with Gasteiger partial charge >= 0.3 is 0 Å². The van der Waals surface area contributed by atoms with Crippen molar-refractivity contribution in [3.8, 4) is 0 Å². The smallest absolute Gasteiger partial charge is 0.191 e. The Morgan fingerprint density at radius 3 is 2.44 bits per heavy atom. The largest absolute Gasteiger partial charge is 0.357 e. The maximum absolute atomic E-state index is 4.78. The van der Waals surface area contributed by atoms with E-state index in [1.807, 2.05) is 24.1 Å². The van der Waals surface area contributed by atoms with E-state index in [1.54, 1.807) is 0 Å². The minimum atomic E-state index is 0. The van der Waals surface area contributed by atoms with Gasteiger partial charge in [0.1, 0.15) is 0 Å². The van der Waals surface area contributed by atoms with Crippen molar-refractivity contribution in [3.05, 3.63) is 18.0 Å². The molecular formula is C20H37IN6. The highest BCUT2D eigenvalue weighted by molar-refractivity contribution is 14.0. The molecule has 3 rings (SSSR count). The highest BCUT2D eigenvalue weighted by Gasteiger charge is 2.38. The molecule has 0 radical (unpaired) electrons. The third-order valence-electron chi connectivity index (χ3n) is 5.92. The zero-order valence-electron chi connectivity index (χ0n) is 17.0. The van der Waals surface area contributed by atoms with Gasteiger partial charge in [0.15, 0.2) is 5.96 Å². The molecule has 1 saturated carbocycles. The van der Waals surface area contributed by atoms with Crippen molar-refractivity contribution in [2.75, 3.05) is 26.2 Å². The van der Waals surface area contributed by atoms with Gasteiger partial charge in [-0.15, -0.1) is 24.0 Å². The van der Waals surface area contributed by atoms with Crippen LogP contribution in [0.1, 0.15) is 63.9 Å². The van der Waals surface area contributed by atoms with Gasteiger partial charge in [0.2, 0.25) is 0 Å². The van der Waals surface area contributed by atoms with Crippen LogP contribution in [0.3, 0.4) is 0 Å². The maximum Gasteiger partial charge on any atom is 0.191 e. The Hall–Kier alpha value is -0.830. The fourth-order valence-corrected chi connectivity index (χ4v) is 4.50. The number of hydrogen-bond donors (Lipinski definition) is 2. The standard InChI is InChI=1S/C20H36N6.HI/c1-3-21-19(22-14-18-15-24-25(2)16-18)23-17-20(10-6-4-7-11-20)26-12-8-5-9-13-26;/h15-16H,3-14,17H2,1-2H3,(H2,21,22,23);1H. The minimum Gasteiger partial charge on any atom is -0.357 e.